The van der Waals surface area contributed by atoms with Crippen molar-refractivity contribution in [1.29, 1.82) is 0 Å². The van der Waals surface area contributed by atoms with Crippen molar-refractivity contribution >= 4 is 34.5 Å². The van der Waals surface area contributed by atoms with Gasteiger partial charge in [0, 0.05) is 29.4 Å². The van der Waals surface area contributed by atoms with E-state index in [0.717, 1.165) is 21.3 Å². The van der Waals surface area contributed by atoms with Gasteiger partial charge >= 0.3 is 0 Å². The molecule has 0 amide bonds. The lowest BCUT2D eigenvalue weighted by atomic mass is 10.2. The largest absolute Gasteiger partial charge is 0.380 e. The first-order chi connectivity index (χ1) is 9.60. The highest BCUT2D eigenvalue weighted by Crippen LogP contribution is 2.30. The van der Waals surface area contributed by atoms with E-state index in [1.807, 2.05) is 25.3 Å². The highest BCUT2D eigenvalue weighted by Gasteiger charge is 2.13. The van der Waals surface area contributed by atoms with Crippen LogP contribution >= 0.6 is 23.1 Å². The Kier molecular flexibility index (Phi) is 4.97. The van der Waals surface area contributed by atoms with Gasteiger partial charge in [0.2, 0.25) is 0 Å². The first-order valence-electron chi connectivity index (χ1n) is 6.16. The number of benzene rings is 1. The zero-order valence-corrected chi connectivity index (χ0v) is 12.9. The van der Waals surface area contributed by atoms with Gasteiger partial charge in [0.1, 0.15) is 10.0 Å². The van der Waals surface area contributed by atoms with Crippen LogP contribution in [0.4, 0.5) is 11.4 Å². The van der Waals surface area contributed by atoms with E-state index in [1.54, 1.807) is 35.2 Å². The lowest BCUT2D eigenvalue weighted by Gasteiger charge is -2.07. The summed E-state index contributed by atoms with van der Waals surface area (Å²) in [5.41, 5.74) is 2.76. The fourth-order valence-electron chi connectivity index (χ4n) is 1.71. The average molecular weight is 309 g/mol. The maximum atomic E-state index is 10.9. The van der Waals surface area contributed by atoms with Gasteiger partial charge in [-0.15, -0.1) is 11.3 Å². The number of hydrogen-bond acceptors (Lipinski definition) is 6. The Morgan fingerprint density at radius 2 is 2.30 bits per heavy atom. The molecular formula is C13H15N3O2S2. The van der Waals surface area contributed by atoms with E-state index >= 15 is 0 Å². The molecule has 1 aromatic heterocycles. The summed E-state index contributed by atoms with van der Waals surface area (Å²) in [5, 5.41) is 16.0. The molecule has 1 aromatic carbocycles. The predicted octanol–water partition coefficient (Wildman–Crippen LogP) is 4.08. The number of nitro groups is 1. The van der Waals surface area contributed by atoms with Crippen LogP contribution in [0, 0.1) is 17.0 Å². The second-order valence-electron chi connectivity index (χ2n) is 4.18. The van der Waals surface area contributed by atoms with E-state index in [0.29, 0.717) is 12.2 Å². The minimum absolute atomic E-state index is 0.116. The lowest BCUT2D eigenvalue weighted by Crippen LogP contribution is -2.01. The maximum Gasteiger partial charge on any atom is 0.292 e. The van der Waals surface area contributed by atoms with Crippen molar-refractivity contribution < 1.29 is 4.92 Å². The van der Waals surface area contributed by atoms with Crippen molar-refractivity contribution in [2.75, 3.05) is 11.9 Å². The Labute approximate surface area is 125 Å². The van der Waals surface area contributed by atoms with Crippen LogP contribution < -0.4 is 5.32 Å². The number of nitrogens with zero attached hydrogens (tertiary/aromatic N) is 2. The van der Waals surface area contributed by atoms with Crippen LogP contribution in [0.5, 0.6) is 0 Å². The number of rotatable bonds is 6. The molecule has 0 fully saturated rings. The minimum Gasteiger partial charge on any atom is -0.380 e. The molecule has 0 aliphatic heterocycles. The second-order valence-corrected chi connectivity index (χ2v) is 6.26. The van der Waals surface area contributed by atoms with E-state index in [-0.39, 0.29) is 10.6 Å². The highest BCUT2D eigenvalue weighted by atomic mass is 32.2. The number of aromatic nitrogens is 1. The Morgan fingerprint density at radius 3 is 2.90 bits per heavy atom. The third-order valence-electron chi connectivity index (χ3n) is 2.59. The summed E-state index contributed by atoms with van der Waals surface area (Å²) in [7, 11) is 0. The number of thiazole rings is 1. The molecule has 0 aliphatic rings. The van der Waals surface area contributed by atoms with Crippen LogP contribution in [0.2, 0.25) is 0 Å². The van der Waals surface area contributed by atoms with Gasteiger partial charge in [0.05, 0.1) is 4.92 Å². The van der Waals surface area contributed by atoms with E-state index in [9.17, 15) is 10.1 Å². The Hall–Kier alpha value is -1.60. The van der Waals surface area contributed by atoms with E-state index in [1.165, 1.54) is 0 Å². The molecule has 106 valence electrons. The Morgan fingerprint density at radius 1 is 1.50 bits per heavy atom. The van der Waals surface area contributed by atoms with Crippen LogP contribution in [-0.4, -0.2) is 16.5 Å². The molecule has 0 spiro atoms. The molecule has 0 radical (unpaired) electrons. The normalized spacial score (nSPS) is 10.5. The molecule has 0 unspecified atom stereocenters. The molecule has 0 atom stereocenters. The first-order valence-corrected chi connectivity index (χ1v) is 8.02. The van der Waals surface area contributed by atoms with Gasteiger partial charge < -0.3 is 5.32 Å². The van der Waals surface area contributed by atoms with E-state index < -0.39 is 0 Å². The van der Waals surface area contributed by atoms with Crippen LogP contribution in [0.25, 0.3) is 0 Å². The van der Waals surface area contributed by atoms with Crippen LogP contribution in [0.1, 0.15) is 18.2 Å². The first kappa shape index (κ1) is 14.8. The van der Waals surface area contributed by atoms with E-state index in [2.05, 4.69) is 10.3 Å². The SMILES string of the molecule is CCNc1cc(CSc2nc(C)cs2)ccc1[N+](=O)[O-]. The minimum atomic E-state index is -0.362. The van der Waals surface area contributed by atoms with Crippen molar-refractivity contribution in [3.8, 4) is 0 Å². The van der Waals surface area contributed by atoms with Crippen molar-refractivity contribution in [3.05, 3.63) is 45.0 Å². The van der Waals surface area contributed by atoms with Gasteiger partial charge in [-0.05, 0) is 25.5 Å². The molecule has 1 N–H and O–H groups in total. The average Bonchev–Trinajstić information content (AvgIpc) is 2.82. The van der Waals surface area contributed by atoms with E-state index in [4.69, 9.17) is 0 Å². The zero-order valence-electron chi connectivity index (χ0n) is 11.3. The summed E-state index contributed by atoms with van der Waals surface area (Å²) in [5.74, 6) is 0.753. The van der Waals surface area contributed by atoms with Gasteiger partial charge in [0.25, 0.3) is 5.69 Å². The molecular weight excluding hydrogens is 294 g/mol. The topological polar surface area (TPSA) is 68.1 Å². The van der Waals surface area contributed by atoms with Crippen molar-refractivity contribution in [2.45, 2.75) is 23.9 Å². The summed E-state index contributed by atoms with van der Waals surface area (Å²) >= 11 is 3.26. The predicted molar refractivity (Wildman–Crippen MR) is 83.7 cm³/mol. The molecule has 5 nitrogen and oxygen atoms in total. The van der Waals surface area contributed by atoms with Crippen molar-refractivity contribution in [3.63, 3.8) is 0 Å². The standard InChI is InChI=1S/C13H15N3O2S2/c1-3-14-11-6-10(4-5-12(11)16(17)18)8-20-13-15-9(2)7-19-13/h4-7,14H,3,8H2,1-2H3. The molecule has 0 saturated carbocycles. The summed E-state index contributed by atoms with van der Waals surface area (Å²) in [6.45, 7) is 4.54. The molecule has 0 bridgehead atoms. The van der Waals surface area contributed by atoms with Crippen molar-refractivity contribution in [1.82, 2.24) is 4.98 Å². The Balaban J connectivity index is 2.12. The van der Waals surface area contributed by atoms with Crippen LogP contribution in [-0.2, 0) is 5.75 Å². The second kappa shape index (κ2) is 6.71. The smallest absolute Gasteiger partial charge is 0.292 e. The number of nitrogens with one attached hydrogen (secondary N) is 1. The maximum absolute atomic E-state index is 10.9. The summed E-state index contributed by atoms with van der Waals surface area (Å²) in [4.78, 5) is 15.0. The van der Waals surface area contributed by atoms with Crippen LogP contribution in [0.3, 0.4) is 0 Å². The third kappa shape index (κ3) is 3.71. The highest BCUT2D eigenvalue weighted by molar-refractivity contribution is 8.00. The number of thioether (sulfide) groups is 1. The third-order valence-corrected chi connectivity index (χ3v) is 4.80. The molecule has 7 heteroatoms. The molecule has 20 heavy (non-hydrogen) atoms. The number of hydrogen-bond donors (Lipinski definition) is 1. The van der Waals surface area contributed by atoms with Gasteiger partial charge in [-0.1, -0.05) is 17.8 Å². The number of anilines is 1. The van der Waals surface area contributed by atoms with Gasteiger partial charge in [-0.25, -0.2) is 4.98 Å². The van der Waals surface area contributed by atoms with Gasteiger partial charge in [-0.2, -0.15) is 0 Å². The summed E-state index contributed by atoms with van der Waals surface area (Å²) < 4.78 is 1.02. The summed E-state index contributed by atoms with van der Waals surface area (Å²) in [6, 6.07) is 5.20. The number of nitro benzene ring substituents is 1. The molecule has 2 rings (SSSR count). The molecule has 0 aliphatic carbocycles. The molecule has 1 heterocycles. The zero-order chi connectivity index (χ0) is 14.5. The van der Waals surface area contributed by atoms with Crippen molar-refractivity contribution in [2.24, 2.45) is 0 Å². The molecule has 0 saturated heterocycles. The fourth-order valence-corrected chi connectivity index (χ4v) is 3.50. The monoisotopic (exact) mass is 309 g/mol. The quantitative estimate of drug-likeness (QED) is 0.494. The van der Waals surface area contributed by atoms with Gasteiger partial charge in [-0.3, -0.25) is 10.1 Å². The van der Waals surface area contributed by atoms with Gasteiger partial charge in [0.15, 0.2) is 0 Å². The lowest BCUT2D eigenvalue weighted by molar-refractivity contribution is -0.384. The van der Waals surface area contributed by atoms with Crippen LogP contribution in [0.15, 0.2) is 27.9 Å². The molecule has 2 aromatic rings. The Bertz CT molecular complexity index is 613. The summed E-state index contributed by atoms with van der Waals surface area (Å²) in [6.07, 6.45) is 0. The number of aryl methyl sites for hydroxylation is 1. The fraction of sp³-hybridized carbons (Fsp3) is 0.308.